The molecule has 0 saturated heterocycles. The molecular weight excluding hydrogens is 1230 g/mol. The maximum absolute atomic E-state index is 19.4. The van der Waals surface area contributed by atoms with E-state index in [4.69, 9.17) is 0 Å². The van der Waals surface area contributed by atoms with Gasteiger partial charge in [-0.2, -0.15) is 13.2 Å². The monoisotopic (exact) mass is 1280 g/mol. The number of benzene rings is 11. The normalized spacial score (nSPS) is 12.2. The topological polar surface area (TPSA) is 115 Å². The van der Waals surface area contributed by atoms with Gasteiger partial charge in [0.2, 0.25) is 0 Å². The van der Waals surface area contributed by atoms with Gasteiger partial charge in [-0.1, -0.05) is 140 Å². The highest BCUT2D eigenvalue weighted by Gasteiger charge is 2.46. The molecule has 0 unspecified atom stereocenters. The summed E-state index contributed by atoms with van der Waals surface area (Å²) in [5.74, 6) is 0. The molecule has 20 rings (SSSR count). The van der Waals surface area contributed by atoms with Crippen molar-refractivity contribution in [3.8, 4) is 72.9 Å². The van der Waals surface area contributed by atoms with Crippen LogP contribution in [0.5, 0.6) is 0 Å². The summed E-state index contributed by atoms with van der Waals surface area (Å²) in [7, 11) is 0. The fourth-order valence-corrected chi connectivity index (χ4v) is 15.6. The van der Waals surface area contributed by atoms with Crippen molar-refractivity contribution in [1.82, 2.24) is 57.7 Å². The number of hydrogen-bond acceptors (Lipinski definition) is 7. The summed E-state index contributed by atoms with van der Waals surface area (Å²) in [5.41, 5.74) is 12.9. The first kappa shape index (κ1) is 56.0. The summed E-state index contributed by atoms with van der Waals surface area (Å²) < 4.78 is 68.6. The number of nitrogens with zero attached hydrogens (tertiary/aromatic N) is 12. The van der Waals surface area contributed by atoms with Crippen LogP contribution < -0.4 is 0 Å². The summed E-state index contributed by atoms with van der Waals surface area (Å²) in [6.07, 6.45) is 13.6. The number of pyridine rings is 1. The third-order valence-electron chi connectivity index (χ3n) is 19.7. The van der Waals surface area contributed by atoms with Crippen LogP contribution in [0.3, 0.4) is 0 Å². The number of alkyl halides is 3. The van der Waals surface area contributed by atoms with Gasteiger partial charge in [0.25, 0.3) is 0 Å². The predicted molar refractivity (Wildman–Crippen MR) is 389 cm³/mol. The van der Waals surface area contributed by atoms with Crippen LogP contribution in [-0.2, 0) is 6.18 Å². The highest BCUT2D eigenvalue weighted by Crippen LogP contribution is 2.56. The van der Waals surface area contributed by atoms with E-state index in [1.807, 2.05) is 185 Å². The van der Waals surface area contributed by atoms with E-state index in [2.05, 4.69) is 109 Å². The third kappa shape index (κ3) is 8.37. The van der Waals surface area contributed by atoms with Crippen LogP contribution in [0.1, 0.15) is 5.56 Å². The van der Waals surface area contributed by atoms with E-state index in [1.54, 1.807) is 43.4 Å². The summed E-state index contributed by atoms with van der Waals surface area (Å²) in [6, 6.07) is 76.5. The minimum atomic E-state index is -5.15. The molecule has 99 heavy (non-hydrogen) atoms. The molecule has 15 heteroatoms. The lowest BCUT2D eigenvalue weighted by Gasteiger charge is -2.32. The van der Waals surface area contributed by atoms with E-state index in [0.29, 0.717) is 49.8 Å². The van der Waals surface area contributed by atoms with Gasteiger partial charge in [0.05, 0.1) is 83.6 Å². The lowest BCUT2D eigenvalue weighted by molar-refractivity contribution is -0.137. The Morgan fingerprint density at radius 2 is 0.455 bits per heavy atom. The average molecular weight is 1280 g/mol. The van der Waals surface area contributed by atoms with E-state index in [9.17, 15) is 0 Å². The van der Waals surface area contributed by atoms with Crippen LogP contribution >= 0.6 is 0 Å². The Bertz CT molecular complexity index is 6020. The van der Waals surface area contributed by atoms with Gasteiger partial charge in [-0.25, -0.2) is 29.9 Å². The van der Waals surface area contributed by atoms with Crippen molar-refractivity contribution in [1.29, 1.82) is 0 Å². The Hall–Kier alpha value is -13.4. The Morgan fingerprint density at radius 1 is 0.212 bits per heavy atom. The van der Waals surface area contributed by atoms with Gasteiger partial charge in [0.1, 0.15) is 24.5 Å². The zero-order valence-corrected chi connectivity index (χ0v) is 52.3. The number of hydrogen-bond donors (Lipinski definition) is 0. The van der Waals surface area contributed by atoms with Crippen molar-refractivity contribution < 1.29 is 13.2 Å². The van der Waals surface area contributed by atoms with Gasteiger partial charge >= 0.3 is 6.18 Å². The number of halogens is 3. The van der Waals surface area contributed by atoms with Crippen molar-refractivity contribution in [3.05, 3.63) is 305 Å². The third-order valence-corrected chi connectivity index (χ3v) is 19.7. The Balaban J connectivity index is 1.12. The summed E-state index contributed by atoms with van der Waals surface area (Å²) in [4.78, 5) is 31.3. The molecular formula is C84H49F3N12. The molecule has 11 aromatic carbocycles. The van der Waals surface area contributed by atoms with E-state index in [0.717, 1.165) is 109 Å². The van der Waals surface area contributed by atoms with Crippen molar-refractivity contribution >= 4 is 109 Å². The minimum Gasteiger partial charge on any atom is -0.306 e. The fraction of sp³-hybridized carbons (Fsp3) is 0.0119. The van der Waals surface area contributed by atoms with Crippen LogP contribution in [-0.4, -0.2) is 57.7 Å². The van der Waals surface area contributed by atoms with Crippen LogP contribution in [0, 0.1) is 0 Å². The Kier molecular flexibility index (Phi) is 12.2. The predicted octanol–water partition coefficient (Wildman–Crippen LogP) is 20.6. The molecule has 0 radical (unpaired) electrons. The molecule has 0 amide bonds. The Morgan fingerprint density at radius 3 is 0.727 bits per heavy atom. The van der Waals surface area contributed by atoms with Crippen LogP contribution in [0.25, 0.3) is 182 Å². The molecule has 0 saturated carbocycles. The zero-order chi connectivity index (χ0) is 65.6. The van der Waals surface area contributed by atoms with E-state index in [-0.39, 0.29) is 22.7 Å². The van der Waals surface area contributed by atoms with E-state index < -0.39 is 11.7 Å². The molecule has 0 aliphatic heterocycles. The lowest BCUT2D eigenvalue weighted by Crippen LogP contribution is -2.23. The quantitative estimate of drug-likeness (QED) is 0.141. The molecule has 9 aromatic heterocycles. The van der Waals surface area contributed by atoms with Gasteiger partial charge in [0, 0.05) is 126 Å². The van der Waals surface area contributed by atoms with E-state index in [1.165, 1.54) is 19.0 Å². The standard InChI is InChI=1S/C84H49F3N12/c85-84(86,87)78-79(95-68-21-7-1-15-58(68)59-16-2-8-22-69(59)95)81(98-74-31-27-50(54-14-13-35-88-40-54)36-64(74)65-37-51(28-32-75(65)98)55-41-89-47-90-42-55)83(97-72-25-11-5-19-62(72)63-20-6-12-26-73(63)97)82(80(78)96-70-23-9-3-17-60(70)61-18-4-10-24-71(61)96)99-76-33-29-52(56-43-91-48-92-44-56)38-66(76)67-39-53(30-34-77(67)99)57-45-93-49-94-46-57/h1-49H. The summed E-state index contributed by atoms with van der Waals surface area (Å²) >= 11 is 0. The summed E-state index contributed by atoms with van der Waals surface area (Å²) in [6.45, 7) is 0. The van der Waals surface area contributed by atoms with Crippen molar-refractivity contribution in [3.63, 3.8) is 0 Å². The molecule has 0 aliphatic rings. The van der Waals surface area contributed by atoms with Crippen molar-refractivity contribution in [2.24, 2.45) is 0 Å². The second-order valence-electron chi connectivity index (χ2n) is 24.9. The number of rotatable bonds is 9. The van der Waals surface area contributed by atoms with Crippen molar-refractivity contribution in [2.45, 2.75) is 6.18 Å². The van der Waals surface area contributed by atoms with Crippen LogP contribution in [0.15, 0.2) is 299 Å². The molecule has 20 aromatic rings. The molecule has 9 heterocycles. The van der Waals surface area contributed by atoms with Gasteiger partial charge in [0.15, 0.2) is 0 Å². The first-order chi connectivity index (χ1) is 48.8. The second kappa shape index (κ2) is 21.6. The lowest BCUT2D eigenvalue weighted by atomic mass is 9.99. The van der Waals surface area contributed by atoms with Crippen LogP contribution in [0.2, 0.25) is 0 Å². The van der Waals surface area contributed by atoms with Crippen LogP contribution in [0.4, 0.5) is 13.2 Å². The maximum Gasteiger partial charge on any atom is 0.420 e. The second-order valence-corrected chi connectivity index (χ2v) is 24.9. The molecule has 0 bridgehead atoms. The molecule has 0 aliphatic carbocycles. The van der Waals surface area contributed by atoms with Crippen molar-refractivity contribution in [2.75, 3.05) is 0 Å². The molecule has 466 valence electrons. The molecule has 0 atom stereocenters. The summed E-state index contributed by atoms with van der Waals surface area (Å²) in [5, 5.41) is 8.07. The van der Waals surface area contributed by atoms with Gasteiger partial charge < -0.3 is 22.8 Å². The number of para-hydroxylation sites is 6. The first-order valence-electron chi connectivity index (χ1n) is 32.4. The molecule has 0 fully saturated rings. The average Bonchev–Trinajstić information content (AvgIpc) is 1.57. The first-order valence-corrected chi connectivity index (χ1v) is 32.4. The Labute approximate surface area is 560 Å². The smallest absolute Gasteiger partial charge is 0.306 e. The minimum absolute atomic E-state index is 0.0912. The largest absolute Gasteiger partial charge is 0.420 e. The fourth-order valence-electron chi connectivity index (χ4n) is 15.6. The molecule has 12 nitrogen and oxygen atoms in total. The van der Waals surface area contributed by atoms with Gasteiger partial charge in [-0.05, 0) is 113 Å². The zero-order valence-electron chi connectivity index (χ0n) is 52.3. The van der Waals surface area contributed by atoms with E-state index >= 15 is 13.2 Å². The van der Waals surface area contributed by atoms with Gasteiger partial charge in [-0.15, -0.1) is 0 Å². The number of fused-ring (bicyclic) bond motifs is 15. The molecule has 0 spiro atoms. The van der Waals surface area contributed by atoms with Gasteiger partial charge in [-0.3, -0.25) is 4.98 Å². The number of aromatic nitrogens is 12. The SMILES string of the molecule is FC(F)(F)c1c(-n2c3ccccc3c3ccccc32)c(-n2c3ccc(-c4cccnc4)cc3c3cc(-c4cncnc4)ccc32)c(-n2c3ccccc3c3ccccc32)c(-n2c3ccc(-c4cncnc4)cc3c3cc(-c4cncnc4)ccc32)c1-n1c2ccccc2c2ccccc21. The maximum atomic E-state index is 19.4. The molecule has 0 N–H and O–H groups in total. The highest BCUT2D eigenvalue weighted by molar-refractivity contribution is 6.19. The highest BCUT2D eigenvalue weighted by atomic mass is 19.4.